The van der Waals surface area contributed by atoms with Gasteiger partial charge in [-0.3, -0.25) is 19.9 Å². The second kappa shape index (κ2) is 6.15. The fourth-order valence-corrected chi connectivity index (χ4v) is 6.97. The molecule has 0 bridgehead atoms. The first-order valence-electron chi connectivity index (χ1n) is 10.8. The van der Waals surface area contributed by atoms with E-state index in [1.165, 1.54) is 19.3 Å². The van der Waals surface area contributed by atoms with Gasteiger partial charge in [-0.2, -0.15) is 0 Å². The van der Waals surface area contributed by atoms with E-state index >= 15 is 0 Å². The molecule has 5 aliphatic rings. The maximum absolute atomic E-state index is 13.2. The quantitative estimate of drug-likeness (QED) is 0.589. The average molecular weight is 373 g/mol. The fraction of sp³-hybridized carbons (Fsp3) is 0.818. The summed E-state index contributed by atoms with van der Waals surface area (Å²) in [5, 5.41) is 3.18. The number of carbonyl (C=O) groups is 2. The lowest BCUT2D eigenvalue weighted by Gasteiger charge is -2.57. The van der Waals surface area contributed by atoms with Crippen molar-refractivity contribution in [2.75, 3.05) is 13.1 Å². The molecule has 0 aromatic rings. The highest BCUT2D eigenvalue weighted by Crippen LogP contribution is 2.64. The molecule has 4 fully saturated rings. The Labute approximate surface area is 161 Å². The molecule has 0 radical (unpaired) electrons. The van der Waals surface area contributed by atoms with E-state index in [1.807, 2.05) is 6.08 Å². The van der Waals surface area contributed by atoms with Gasteiger partial charge in [0.05, 0.1) is 5.92 Å². The standard InChI is InChI=1S/C22H32N2O3/c1-21-7-3-4-15(21)18-16(6-8-21)22(2)9-5-13(24-27-14-11-23-12-14)10-17(22)19(25)20(18)26/h10,14-18,23-24H,3-9,11-12H2,1-2H3/t15-,16-,17?,18-,21-,22+/m0/s1. The lowest BCUT2D eigenvalue weighted by atomic mass is 9.45. The topological polar surface area (TPSA) is 67.4 Å². The van der Waals surface area contributed by atoms with E-state index in [9.17, 15) is 9.59 Å². The van der Waals surface area contributed by atoms with E-state index in [2.05, 4.69) is 24.6 Å². The number of Topliss-reactive ketones (excluding diaryl/α,β-unsaturated/α-hetero) is 2. The van der Waals surface area contributed by atoms with Crippen LogP contribution in [0.15, 0.2) is 11.8 Å². The van der Waals surface area contributed by atoms with Crippen molar-refractivity contribution >= 4 is 11.6 Å². The summed E-state index contributed by atoms with van der Waals surface area (Å²) in [7, 11) is 0. The molecule has 4 aliphatic carbocycles. The van der Waals surface area contributed by atoms with Crippen LogP contribution in [0.1, 0.15) is 58.8 Å². The third kappa shape index (κ3) is 2.57. The molecule has 0 amide bonds. The summed E-state index contributed by atoms with van der Waals surface area (Å²) < 4.78 is 0. The molecule has 2 N–H and O–H groups in total. The summed E-state index contributed by atoms with van der Waals surface area (Å²) in [6, 6.07) is 0. The molecule has 0 aromatic carbocycles. The van der Waals surface area contributed by atoms with Crippen LogP contribution in [-0.4, -0.2) is 30.8 Å². The zero-order valence-electron chi connectivity index (χ0n) is 16.6. The second-order valence-electron chi connectivity index (χ2n) is 10.2. The molecule has 1 heterocycles. The molecule has 148 valence electrons. The van der Waals surface area contributed by atoms with Gasteiger partial charge in [0, 0.05) is 24.7 Å². The van der Waals surface area contributed by atoms with Crippen molar-refractivity contribution in [3.05, 3.63) is 11.8 Å². The van der Waals surface area contributed by atoms with Crippen LogP contribution in [0.3, 0.4) is 0 Å². The zero-order chi connectivity index (χ0) is 18.8. The first kappa shape index (κ1) is 17.9. The molecule has 1 aliphatic heterocycles. The number of ketones is 2. The predicted octanol–water partition coefficient (Wildman–Crippen LogP) is 2.76. The van der Waals surface area contributed by atoms with Crippen LogP contribution in [0, 0.1) is 34.5 Å². The van der Waals surface area contributed by atoms with Gasteiger partial charge >= 0.3 is 0 Å². The molecular weight excluding hydrogens is 340 g/mol. The highest BCUT2D eigenvalue weighted by Gasteiger charge is 2.62. The van der Waals surface area contributed by atoms with E-state index < -0.39 is 0 Å². The minimum absolute atomic E-state index is 0.0276. The average Bonchev–Trinajstić information content (AvgIpc) is 3.00. The molecule has 5 rings (SSSR count). The maximum Gasteiger partial charge on any atom is 0.206 e. The number of allylic oxidation sites excluding steroid dienone is 2. The number of hydrogen-bond acceptors (Lipinski definition) is 5. The number of hydroxylamine groups is 1. The number of nitrogens with one attached hydrogen (secondary N) is 2. The summed E-state index contributed by atoms with van der Waals surface area (Å²) in [6.07, 6.45) is 9.98. The molecule has 6 atom stereocenters. The number of carbonyl (C=O) groups excluding carboxylic acids is 2. The van der Waals surface area contributed by atoms with Crippen LogP contribution in [-0.2, 0) is 14.4 Å². The van der Waals surface area contributed by atoms with Gasteiger partial charge in [-0.15, -0.1) is 0 Å². The SMILES string of the molecule is C[C@@]12CCC[C@H]1[C@@H]1C(=O)C(=O)C3C=C(NOC4CNC4)CC[C@]3(C)[C@H]1CC2. The van der Waals surface area contributed by atoms with Crippen molar-refractivity contribution in [1.29, 1.82) is 0 Å². The third-order valence-electron chi connectivity index (χ3n) is 8.84. The molecular formula is C22H32N2O3. The minimum atomic E-state index is -0.281. The van der Waals surface area contributed by atoms with Crippen LogP contribution in [0.5, 0.6) is 0 Å². The largest absolute Gasteiger partial charge is 0.311 e. The van der Waals surface area contributed by atoms with Crippen LogP contribution in [0.2, 0.25) is 0 Å². The Kier molecular flexibility index (Phi) is 4.07. The van der Waals surface area contributed by atoms with Crippen molar-refractivity contribution in [3.8, 4) is 0 Å². The number of hydrogen-bond donors (Lipinski definition) is 2. The van der Waals surface area contributed by atoms with E-state index in [1.54, 1.807) is 0 Å². The second-order valence-corrected chi connectivity index (χ2v) is 10.2. The van der Waals surface area contributed by atoms with E-state index in [-0.39, 0.29) is 40.3 Å². The monoisotopic (exact) mass is 372 g/mol. The highest BCUT2D eigenvalue weighted by molar-refractivity contribution is 6.40. The van der Waals surface area contributed by atoms with Crippen LogP contribution in [0.25, 0.3) is 0 Å². The molecule has 1 unspecified atom stereocenters. The normalized spacial score (nSPS) is 46.8. The Bertz CT molecular complexity index is 700. The van der Waals surface area contributed by atoms with Crippen molar-refractivity contribution < 1.29 is 14.4 Å². The Balaban J connectivity index is 1.42. The number of rotatable bonds is 3. The lowest BCUT2D eigenvalue weighted by molar-refractivity contribution is -0.161. The third-order valence-corrected chi connectivity index (χ3v) is 8.84. The smallest absolute Gasteiger partial charge is 0.206 e. The Morgan fingerprint density at radius 3 is 2.63 bits per heavy atom. The Morgan fingerprint density at radius 1 is 1.07 bits per heavy atom. The summed E-state index contributed by atoms with van der Waals surface area (Å²) in [4.78, 5) is 32.1. The first-order valence-corrected chi connectivity index (χ1v) is 10.8. The van der Waals surface area contributed by atoms with Gasteiger partial charge in [-0.05, 0) is 61.2 Å². The molecule has 5 nitrogen and oxygen atoms in total. The fourth-order valence-electron chi connectivity index (χ4n) is 6.97. The summed E-state index contributed by atoms with van der Waals surface area (Å²) in [5.41, 5.74) is 4.26. The first-order chi connectivity index (χ1) is 12.9. The van der Waals surface area contributed by atoms with Crippen LogP contribution in [0.4, 0.5) is 0 Å². The van der Waals surface area contributed by atoms with E-state index in [0.717, 1.165) is 44.5 Å². The molecule has 0 aromatic heterocycles. The van der Waals surface area contributed by atoms with Crippen LogP contribution >= 0.6 is 0 Å². The van der Waals surface area contributed by atoms with Gasteiger partial charge in [0.1, 0.15) is 6.10 Å². The maximum atomic E-state index is 13.2. The van der Waals surface area contributed by atoms with E-state index in [4.69, 9.17) is 4.84 Å². The molecule has 5 heteroatoms. The molecule has 27 heavy (non-hydrogen) atoms. The zero-order valence-corrected chi connectivity index (χ0v) is 16.6. The number of fused-ring (bicyclic) bond motifs is 5. The van der Waals surface area contributed by atoms with Crippen molar-refractivity contribution in [1.82, 2.24) is 10.8 Å². The summed E-state index contributed by atoms with van der Waals surface area (Å²) in [5.74, 6) is 0.263. The predicted molar refractivity (Wildman–Crippen MR) is 101 cm³/mol. The van der Waals surface area contributed by atoms with Gasteiger partial charge < -0.3 is 5.32 Å². The lowest BCUT2D eigenvalue weighted by Crippen LogP contribution is -2.59. The van der Waals surface area contributed by atoms with Gasteiger partial charge in [0.25, 0.3) is 0 Å². The minimum Gasteiger partial charge on any atom is -0.311 e. The van der Waals surface area contributed by atoms with Crippen molar-refractivity contribution in [3.63, 3.8) is 0 Å². The van der Waals surface area contributed by atoms with Gasteiger partial charge in [0.15, 0.2) is 0 Å². The van der Waals surface area contributed by atoms with Gasteiger partial charge in [-0.25, -0.2) is 0 Å². The Hall–Kier alpha value is -1.20. The summed E-state index contributed by atoms with van der Waals surface area (Å²) in [6.45, 7) is 6.37. The summed E-state index contributed by atoms with van der Waals surface area (Å²) >= 11 is 0. The van der Waals surface area contributed by atoms with Crippen molar-refractivity contribution in [2.24, 2.45) is 34.5 Å². The highest BCUT2D eigenvalue weighted by atomic mass is 16.7. The molecule has 3 saturated carbocycles. The van der Waals surface area contributed by atoms with Crippen molar-refractivity contribution in [2.45, 2.75) is 64.9 Å². The van der Waals surface area contributed by atoms with Gasteiger partial charge in [-0.1, -0.05) is 26.3 Å². The molecule has 0 spiro atoms. The van der Waals surface area contributed by atoms with Crippen LogP contribution < -0.4 is 10.8 Å². The molecule has 1 saturated heterocycles. The van der Waals surface area contributed by atoms with E-state index in [0.29, 0.717) is 11.8 Å². The Morgan fingerprint density at radius 2 is 1.89 bits per heavy atom. The van der Waals surface area contributed by atoms with Gasteiger partial charge in [0.2, 0.25) is 11.6 Å².